The lowest BCUT2D eigenvalue weighted by Crippen LogP contribution is -2.31. The third-order valence-corrected chi connectivity index (χ3v) is 4.92. The molecule has 138 valence electrons. The molecule has 0 unspecified atom stereocenters. The molecule has 0 aliphatic rings. The number of benzene rings is 3. The molecular formula is C27H21N2+. The maximum absolute atomic E-state index is 9.00. The predicted octanol–water partition coefficient (Wildman–Crippen LogP) is 5.89. The largest absolute Gasteiger partial charge is 0.219 e. The smallest absolute Gasteiger partial charge is 0.200 e. The minimum absolute atomic E-state index is 0.671. The lowest BCUT2D eigenvalue weighted by atomic mass is 9.99. The van der Waals surface area contributed by atoms with Crippen LogP contribution in [0.2, 0.25) is 0 Å². The van der Waals surface area contributed by atoms with Crippen LogP contribution >= 0.6 is 0 Å². The molecule has 0 amide bonds. The summed E-state index contributed by atoms with van der Waals surface area (Å²) in [5, 5.41) is 9.00. The number of hydrogen-bond donors (Lipinski definition) is 0. The van der Waals surface area contributed by atoms with Crippen molar-refractivity contribution in [1.29, 1.82) is 5.26 Å². The van der Waals surface area contributed by atoms with E-state index >= 15 is 0 Å². The summed E-state index contributed by atoms with van der Waals surface area (Å²) in [4.78, 5) is 0. The highest BCUT2D eigenvalue weighted by Crippen LogP contribution is 2.27. The van der Waals surface area contributed by atoms with Gasteiger partial charge in [0.25, 0.3) is 0 Å². The molecule has 2 nitrogen and oxygen atoms in total. The zero-order chi connectivity index (χ0) is 20.1. The van der Waals surface area contributed by atoms with E-state index < -0.39 is 0 Å². The van der Waals surface area contributed by atoms with Crippen LogP contribution in [0.25, 0.3) is 34.5 Å². The lowest BCUT2D eigenvalue weighted by Gasteiger charge is -2.08. The van der Waals surface area contributed by atoms with Crippen LogP contribution in [0, 0.1) is 11.3 Å². The van der Waals surface area contributed by atoms with Crippen molar-refractivity contribution in [2.24, 2.45) is 7.05 Å². The van der Waals surface area contributed by atoms with Gasteiger partial charge >= 0.3 is 0 Å². The van der Waals surface area contributed by atoms with Gasteiger partial charge in [0.1, 0.15) is 7.05 Å². The summed E-state index contributed by atoms with van der Waals surface area (Å²) in [6, 6.07) is 32.9. The van der Waals surface area contributed by atoms with Crippen LogP contribution in [0.1, 0.15) is 16.7 Å². The highest BCUT2D eigenvalue weighted by molar-refractivity contribution is 5.80. The molecule has 29 heavy (non-hydrogen) atoms. The Balaban J connectivity index is 1.83. The fourth-order valence-electron chi connectivity index (χ4n) is 3.49. The Labute approximate surface area is 171 Å². The molecule has 4 aromatic rings. The minimum Gasteiger partial charge on any atom is -0.200 e. The standard InChI is InChI=1S/C27H21N2/c1-29-20-26(23-8-4-2-5-9-23)18-25(27(29)24-10-6-3-7-11-24)17-16-21-12-14-22(19-28)15-13-21/h2-18,20H,1H3/q+1/b17-16+. The Bertz CT molecular complexity index is 1180. The van der Waals surface area contributed by atoms with Gasteiger partial charge in [0.05, 0.1) is 11.6 Å². The number of pyridine rings is 1. The van der Waals surface area contributed by atoms with Crippen LogP contribution in [-0.2, 0) is 7.05 Å². The van der Waals surface area contributed by atoms with Crippen LogP contribution in [-0.4, -0.2) is 0 Å². The first-order valence-corrected chi connectivity index (χ1v) is 9.57. The maximum Gasteiger partial charge on any atom is 0.219 e. The molecule has 0 aliphatic carbocycles. The second-order valence-corrected chi connectivity index (χ2v) is 6.94. The number of hydrogen-bond acceptors (Lipinski definition) is 1. The van der Waals surface area contributed by atoms with E-state index in [1.165, 1.54) is 16.7 Å². The summed E-state index contributed by atoms with van der Waals surface area (Å²) in [6.07, 6.45) is 6.42. The minimum atomic E-state index is 0.671. The van der Waals surface area contributed by atoms with Gasteiger partial charge in [0, 0.05) is 16.7 Å². The zero-order valence-electron chi connectivity index (χ0n) is 16.3. The second-order valence-electron chi connectivity index (χ2n) is 6.94. The molecule has 0 saturated heterocycles. The summed E-state index contributed by atoms with van der Waals surface area (Å²) >= 11 is 0. The maximum atomic E-state index is 9.00. The van der Waals surface area contributed by atoms with E-state index in [1.54, 1.807) is 0 Å². The third kappa shape index (κ3) is 4.15. The van der Waals surface area contributed by atoms with Gasteiger partial charge in [-0.1, -0.05) is 66.7 Å². The van der Waals surface area contributed by atoms with Crippen molar-refractivity contribution in [2.75, 3.05) is 0 Å². The Hall–Kier alpha value is -3.96. The second kappa shape index (κ2) is 8.37. The van der Waals surface area contributed by atoms with Gasteiger partial charge in [-0.05, 0) is 47.5 Å². The normalized spacial score (nSPS) is 10.8. The predicted molar refractivity (Wildman–Crippen MR) is 119 cm³/mol. The Morgan fingerprint density at radius 2 is 1.34 bits per heavy atom. The summed E-state index contributed by atoms with van der Waals surface area (Å²) in [5.41, 5.74) is 7.58. The molecule has 0 spiro atoms. The van der Waals surface area contributed by atoms with E-state index in [-0.39, 0.29) is 0 Å². The monoisotopic (exact) mass is 373 g/mol. The highest BCUT2D eigenvalue weighted by Gasteiger charge is 2.17. The first-order valence-electron chi connectivity index (χ1n) is 9.57. The van der Waals surface area contributed by atoms with Crippen LogP contribution < -0.4 is 4.57 Å². The van der Waals surface area contributed by atoms with Gasteiger partial charge in [-0.25, -0.2) is 0 Å². The van der Waals surface area contributed by atoms with Crippen molar-refractivity contribution in [3.8, 4) is 28.5 Å². The third-order valence-electron chi connectivity index (χ3n) is 4.92. The highest BCUT2D eigenvalue weighted by atomic mass is 14.9. The lowest BCUT2D eigenvalue weighted by molar-refractivity contribution is -0.660. The molecule has 2 heteroatoms. The SMILES string of the molecule is C[n+]1cc(-c2ccccc2)cc(/C=C/c2ccc(C#N)cc2)c1-c1ccccc1. The number of rotatable bonds is 4. The molecule has 0 saturated carbocycles. The first-order chi connectivity index (χ1) is 14.2. The fourth-order valence-corrected chi connectivity index (χ4v) is 3.49. The van der Waals surface area contributed by atoms with Gasteiger partial charge in [-0.15, -0.1) is 0 Å². The molecule has 0 radical (unpaired) electrons. The van der Waals surface area contributed by atoms with E-state index in [4.69, 9.17) is 5.26 Å². The van der Waals surface area contributed by atoms with E-state index in [9.17, 15) is 0 Å². The average Bonchev–Trinajstić information content (AvgIpc) is 2.79. The van der Waals surface area contributed by atoms with E-state index in [0.29, 0.717) is 5.56 Å². The van der Waals surface area contributed by atoms with Crippen LogP contribution in [0.3, 0.4) is 0 Å². The van der Waals surface area contributed by atoms with E-state index in [2.05, 4.69) is 90.6 Å². The molecule has 0 aliphatic heterocycles. The quantitative estimate of drug-likeness (QED) is 0.410. The van der Waals surface area contributed by atoms with Crippen LogP contribution in [0.4, 0.5) is 0 Å². The van der Waals surface area contributed by atoms with Gasteiger partial charge in [0.15, 0.2) is 6.20 Å². The molecule has 0 bridgehead atoms. The number of nitriles is 1. The molecule has 0 fully saturated rings. The van der Waals surface area contributed by atoms with Gasteiger partial charge in [-0.3, -0.25) is 0 Å². The van der Waals surface area contributed by atoms with Gasteiger partial charge < -0.3 is 0 Å². The van der Waals surface area contributed by atoms with Crippen LogP contribution in [0.15, 0.2) is 97.2 Å². The molecule has 0 atom stereocenters. The van der Waals surface area contributed by atoms with Gasteiger partial charge in [-0.2, -0.15) is 9.83 Å². The first kappa shape index (κ1) is 18.4. The van der Waals surface area contributed by atoms with Crippen molar-refractivity contribution in [2.45, 2.75) is 0 Å². The number of aromatic nitrogens is 1. The molecule has 0 N–H and O–H groups in total. The van der Waals surface area contributed by atoms with Crippen molar-refractivity contribution < 1.29 is 4.57 Å². The molecule has 1 heterocycles. The number of nitrogens with zero attached hydrogens (tertiary/aromatic N) is 2. The fraction of sp³-hybridized carbons (Fsp3) is 0.0370. The Morgan fingerprint density at radius 3 is 1.97 bits per heavy atom. The van der Waals surface area contributed by atoms with Crippen molar-refractivity contribution >= 4 is 12.2 Å². The number of aryl methyl sites for hydroxylation is 1. The van der Waals surface area contributed by atoms with Crippen LogP contribution in [0.5, 0.6) is 0 Å². The van der Waals surface area contributed by atoms with Crippen molar-refractivity contribution in [3.63, 3.8) is 0 Å². The van der Waals surface area contributed by atoms with Gasteiger partial charge in [0.2, 0.25) is 5.69 Å². The molecule has 1 aromatic heterocycles. The molecule has 3 aromatic carbocycles. The molecule has 4 rings (SSSR count). The summed E-state index contributed by atoms with van der Waals surface area (Å²) in [6.45, 7) is 0. The topological polar surface area (TPSA) is 27.7 Å². The zero-order valence-corrected chi connectivity index (χ0v) is 16.3. The Kier molecular flexibility index (Phi) is 5.31. The summed E-state index contributed by atoms with van der Waals surface area (Å²) < 4.78 is 2.19. The average molecular weight is 373 g/mol. The Morgan fingerprint density at radius 1 is 0.724 bits per heavy atom. The van der Waals surface area contributed by atoms with Crippen molar-refractivity contribution in [1.82, 2.24) is 0 Å². The summed E-state index contributed by atoms with van der Waals surface area (Å²) in [5.74, 6) is 0. The van der Waals surface area contributed by atoms with E-state index in [0.717, 1.165) is 16.8 Å². The van der Waals surface area contributed by atoms with Crippen molar-refractivity contribution in [3.05, 3.63) is 114 Å². The van der Waals surface area contributed by atoms with E-state index in [1.807, 2.05) is 36.4 Å². The molecular weight excluding hydrogens is 352 g/mol. The summed E-state index contributed by atoms with van der Waals surface area (Å²) in [7, 11) is 2.09.